The average molecular weight is 467 g/mol. The second-order valence-electron chi connectivity index (χ2n) is 9.31. The fourth-order valence-electron chi connectivity index (χ4n) is 5.61. The monoisotopic (exact) mass is 466 g/mol. The molecule has 1 aromatic carbocycles. The molecule has 4 rings (SSSR count). The highest BCUT2D eigenvalue weighted by atomic mass is 19.3. The molecular formula is C25H36F2N2O4. The number of carbonyl (C=O) groups is 2. The fraction of sp³-hybridized carbons (Fsp3) is 0.680. The maximum atomic E-state index is 13.3. The molecule has 3 atom stereocenters. The van der Waals surface area contributed by atoms with Crippen molar-refractivity contribution in [3.8, 4) is 0 Å². The number of nitrogens with one attached hydrogen (secondary N) is 1. The molecule has 3 fully saturated rings. The lowest BCUT2D eigenvalue weighted by Crippen LogP contribution is -2.64. The highest BCUT2D eigenvalue weighted by Crippen LogP contribution is 2.38. The van der Waals surface area contributed by atoms with Gasteiger partial charge in [-0.1, -0.05) is 30.3 Å². The van der Waals surface area contributed by atoms with Gasteiger partial charge in [0.2, 0.25) is 5.91 Å². The van der Waals surface area contributed by atoms with Gasteiger partial charge in [-0.3, -0.25) is 9.69 Å². The second-order valence-corrected chi connectivity index (χ2v) is 9.31. The zero-order valence-electron chi connectivity index (χ0n) is 19.6. The molecule has 1 spiro atoms. The van der Waals surface area contributed by atoms with Gasteiger partial charge in [0.05, 0.1) is 37.4 Å². The Morgan fingerprint density at radius 1 is 1.24 bits per heavy atom. The van der Waals surface area contributed by atoms with Crippen molar-refractivity contribution in [1.29, 1.82) is 0 Å². The lowest BCUT2D eigenvalue weighted by atomic mass is 9.82. The SMILES string of the molecule is CC1CC2(COCC(=O)N2)C(COC2CCC(c3ccccc3)CC2)N1CC(F)F.CC=O. The number of halogens is 2. The molecule has 33 heavy (non-hydrogen) atoms. The number of ether oxygens (including phenoxy) is 2. The number of amides is 1. The van der Waals surface area contributed by atoms with Crippen LogP contribution in [-0.2, 0) is 19.1 Å². The fourth-order valence-corrected chi connectivity index (χ4v) is 5.61. The number of hydrogen-bond donors (Lipinski definition) is 1. The largest absolute Gasteiger partial charge is 0.376 e. The molecule has 2 aliphatic heterocycles. The van der Waals surface area contributed by atoms with E-state index in [0.717, 1.165) is 32.0 Å². The first-order valence-corrected chi connectivity index (χ1v) is 11.9. The van der Waals surface area contributed by atoms with Crippen LogP contribution < -0.4 is 5.32 Å². The van der Waals surface area contributed by atoms with Crippen LogP contribution in [0.1, 0.15) is 57.4 Å². The van der Waals surface area contributed by atoms with Crippen LogP contribution in [0.15, 0.2) is 30.3 Å². The van der Waals surface area contributed by atoms with E-state index in [4.69, 9.17) is 14.3 Å². The summed E-state index contributed by atoms with van der Waals surface area (Å²) in [5.41, 5.74) is 0.731. The van der Waals surface area contributed by atoms with Gasteiger partial charge in [0.25, 0.3) is 6.43 Å². The number of likely N-dealkylation sites (tertiary alicyclic amines) is 1. The highest BCUT2D eigenvalue weighted by Gasteiger charge is 2.54. The summed E-state index contributed by atoms with van der Waals surface area (Å²) < 4.78 is 38.3. The predicted molar refractivity (Wildman–Crippen MR) is 121 cm³/mol. The second kappa shape index (κ2) is 12.0. The summed E-state index contributed by atoms with van der Waals surface area (Å²) >= 11 is 0. The molecule has 1 aromatic rings. The molecular weight excluding hydrogens is 430 g/mol. The van der Waals surface area contributed by atoms with Gasteiger partial charge in [-0.25, -0.2) is 8.78 Å². The predicted octanol–water partition coefficient (Wildman–Crippen LogP) is 3.55. The van der Waals surface area contributed by atoms with Crippen molar-refractivity contribution >= 4 is 12.2 Å². The van der Waals surface area contributed by atoms with Gasteiger partial charge in [-0.15, -0.1) is 0 Å². The van der Waals surface area contributed by atoms with Gasteiger partial charge < -0.3 is 19.6 Å². The van der Waals surface area contributed by atoms with Crippen molar-refractivity contribution in [3.05, 3.63) is 35.9 Å². The topological polar surface area (TPSA) is 67.9 Å². The van der Waals surface area contributed by atoms with Crippen LogP contribution in [0.5, 0.6) is 0 Å². The maximum Gasteiger partial charge on any atom is 0.251 e. The summed E-state index contributed by atoms with van der Waals surface area (Å²) in [6.45, 7) is 3.78. The number of nitrogens with zero attached hydrogens (tertiary/aromatic N) is 1. The molecule has 0 aromatic heterocycles. The lowest BCUT2D eigenvalue weighted by Gasteiger charge is -2.41. The third kappa shape index (κ3) is 6.58. The first kappa shape index (κ1) is 25.7. The number of morpholine rings is 1. The smallest absolute Gasteiger partial charge is 0.251 e. The Morgan fingerprint density at radius 2 is 1.91 bits per heavy atom. The van der Waals surface area contributed by atoms with E-state index in [2.05, 4.69) is 29.6 Å². The van der Waals surface area contributed by atoms with E-state index < -0.39 is 12.0 Å². The minimum Gasteiger partial charge on any atom is -0.376 e. The van der Waals surface area contributed by atoms with Gasteiger partial charge >= 0.3 is 0 Å². The van der Waals surface area contributed by atoms with Crippen molar-refractivity contribution in [2.45, 2.75) is 82.0 Å². The van der Waals surface area contributed by atoms with Gasteiger partial charge in [-0.05, 0) is 57.4 Å². The molecule has 0 radical (unpaired) electrons. The zero-order chi connectivity index (χ0) is 23.8. The number of aldehydes is 1. The molecule has 1 amide bonds. The standard InChI is InChI=1S/C23H32F2N2O3.C2H4O/c1-16-11-23(15-29-14-22(28)26-23)20(27(16)12-21(24)25)13-30-19-9-7-18(8-10-19)17-5-3-2-4-6-17;1-2-3/h2-6,16,18-21H,7-15H2,1H3,(H,26,28);2H,1H3. The normalized spacial score (nSPS) is 32.3. The Bertz CT molecular complexity index is 758. The summed E-state index contributed by atoms with van der Waals surface area (Å²) in [7, 11) is 0. The summed E-state index contributed by atoms with van der Waals surface area (Å²) in [5, 5.41) is 3.06. The van der Waals surface area contributed by atoms with Gasteiger partial charge in [-0.2, -0.15) is 0 Å². The van der Waals surface area contributed by atoms with Crippen molar-refractivity contribution in [3.63, 3.8) is 0 Å². The number of benzene rings is 1. The van der Waals surface area contributed by atoms with Crippen molar-refractivity contribution in [2.75, 3.05) is 26.4 Å². The van der Waals surface area contributed by atoms with Gasteiger partial charge in [0.1, 0.15) is 12.9 Å². The average Bonchev–Trinajstić information content (AvgIpc) is 3.02. The third-order valence-electron chi connectivity index (χ3n) is 7.03. The number of alkyl halides is 2. The van der Waals surface area contributed by atoms with Crippen LogP contribution >= 0.6 is 0 Å². The Balaban J connectivity index is 0.000000968. The Morgan fingerprint density at radius 3 is 2.52 bits per heavy atom. The summed E-state index contributed by atoms with van der Waals surface area (Å²) in [6, 6.07) is 10.2. The van der Waals surface area contributed by atoms with Gasteiger partial charge in [0.15, 0.2) is 0 Å². The van der Waals surface area contributed by atoms with E-state index in [0.29, 0.717) is 25.6 Å². The van der Waals surface area contributed by atoms with E-state index in [1.54, 1.807) is 4.90 Å². The van der Waals surface area contributed by atoms with E-state index in [1.165, 1.54) is 12.5 Å². The van der Waals surface area contributed by atoms with E-state index in [9.17, 15) is 13.6 Å². The van der Waals surface area contributed by atoms with Crippen LogP contribution in [0.25, 0.3) is 0 Å². The highest BCUT2D eigenvalue weighted by molar-refractivity contribution is 5.79. The van der Waals surface area contributed by atoms with E-state index in [1.807, 2.05) is 13.0 Å². The Labute approximate surface area is 195 Å². The van der Waals surface area contributed by atoms with Crippen LogP contribution in [0, 0.1) is 0 Å². The lowest BCUT2D eigenvalue weighted by molar-refractivity contribution is -0.138. The maximum absolute atomic E-state index is 13.3. The van der Waals surface area contributed by atoms with Crippen molar-refractivity contribution < 1.29 is 27.8 Å². The van der Waals surface area contributed by atoms with Crippen LogP contribution in [0.3, 0.4) is 0 Å². The summed E-state index contributed by atoms with van der Waals surface area (Å²) in [6.07, 6.45) is 3.13. The van der Waals surface area contributed by atoms with E-state index >= 15 is 0 Å². The first-order valence-electron chi connectivity index (χ1n) is 11.9. The number of rotatable bonds is 6. The molecule has 1 saturated carbocycles. The quantitative estimate of drug-likeness (QED) is 0.650. The van der Waals surface area contributed by atoms with Crippen LogP contribution in [0.4, 0.5) is 8.78 Å². The molecule has 8 heteroatoms. The molecule has 2 heterocycles. The van der Waals surface area contributed by atoms with Crippen molar-refractivity contribution in [2.24, 2.45) is 0 Å². The molecule has 3 unspecified atom stereocenters. The molecule has 6 nitrogen and oxygen atoms in total. The molecule has 1 aliphatic carbocycles. The molecule has 0 bridgehead atoms. The molecule has 1 N–H and O–H groups in total. The first-order chi connectivity index (χ1) is 15.9. The minimum absolute atomic E-state index is 0.0298. The Hall–Kier alpha value is -1.90. The molecule has 2 saturated heterocycles. The number of carbonyl (C=O) groups excluding carboxylic acids is 2. The number of hydrogen-bond acceptors (Lipinski definition) is 5. The third-order valence-corrected chi connectivity index (χ3v) is 7.03. The Kier molecular flexibility index (Phi) is 9.35. The summed E-state index contributed by atoms with van der Waals surface area (Å²) in [5.74, 6) is 0.381. The van der Waals surface area contributed by atoms with Crippen LogP contribution in [0.2, 0.25) is 0 Å². The van der Waals surface area contributed by atoms with Crippen LogP contribution in [-0.4, -0.2) is 73.6 Å². The zero-order valence-corrected chi connectivity index (χ0v) is 19.6. The van der Waals surface area contributed by atoms with Gasteiger partial charge in [0, 0.05) is 6.04 Å². The summed E-state index contributed by atoms with van der Waals surface area (Å²) in [4.78, 5) is 22.6. The van der Waals surface area contributed by atoms with Crippen molar-refractivity contribution in [1.82, 2.24) is 10.2 Å². The van der Waals surface area contributed by atoms with E-state index in [-0.39, 0.29) is 37.2 Å². The molecule has 3 aliphatic rings. The minimum atomic E-state index is -2.42. The molecule has 184 valence electrons.